The van der Waals surface area contributed by atoms with Gasteiger partial charge in [-0.05, 0) is 66.7 Å². The van der Waals surface area contributed by atoms with Crippen molar-refractivity contribution in [1.82, 2.24) is 5.06 Å². The van der Waals surface area contributed by atoms with Crippen LogP contribution in [0.2, 0.25) is 0 Å². The smallest absolute Gasteiger partial charge is 0.325 e. The van der Waals surface area contributed by atoms with Crippen LogP contribution in [0.4, 0.5) is 14.5 Å². The monoisotopic (exact) mass is 416 g/mol. The van der Waals surface area contributed by atoms with Gasteiger partial charge in [-0.1, -0.05) is 50.1 Å². The number of benzene rings is 1. The quantitative estimate of drug-likeness (QED) is 0.624. The summed E-state index contributed by atoms with van der Waals surface area (Å²) in [6.45, 7) is 3.70. The molecule has 4 rings (SSSR count). The maximum atomic E-state index is 13.8. The predicted molar refractivity (Wildman–Crippen MR) is 113 cm³/mol. The molecule has 1 heterocycles. The van der Waals surface area contributed by atoms with E-state index in [1.807, 2.05) is 24.3 Å². The number of alkyl halides is 2. The third kappa shape index (κ3) is 3.78. The summed E-state index contributed by atoms with van der Waals surface area (Å²) in [7, 11) is 0. The van der Waals surface area contributed by atoms with Crippen LogP contribution in [-0.4, -0.2) is 23.6 Å². The van der Waals surface area contributed by atoms with Gasteiger partial charge in [0.1, 0.15) is 11.8 Å². The highest BCUT2D eigenvalue weighted by atomic mass is 19.3. The molecule has 6 heteroatoms. The lowest BCUT2D eigenvalue weighted by atomic mass is 9.86. The van der Waals surface area contributed by atoms with Gasteiger partial charge in [-0.15, -0.1) is 0 Å². The highest BCUT2D eigenvalue weighted by molar-refractivity contribution is 5.96. The summed E-state index contributed by atoms with van der Waals surface area (Å²) in [6.07, 6.45) is 9.24. The fourth-order valence-corrected chi connectivity index (χ4v) is 5.21. The molecule has 1 saturated heterocycles. The van der Waals surface area contributed by atoms with E-state index in [-0.39, 0.29) is 11.3 Å². The molecule has 1 aliphatic heterocycles. The van der Waals surface area contributed by atoms with E-state index >= 15 is 0 Å². The number of anilines is 1. The summed E-state index contributed by atoms with van der Waals surface area (Å²) in [4.78, 5) is 18.7. The lowest BCUT2D eigenvalue weighted by molar-refractivity contribution is -0.247. The van der Waals surface area contributed by atoms with E-state index in [9.17, 15) is 13.6 Å². The van der Waals surface area contributed by atoms with Crippen molar-refractivity contribution in [3.63, 3.8) is 0 Å². The van der Waals surface area contributed by atoms with Crippen molar-refractivity contribution in [2.45, 2.75) is 76.8 Å². The van der Waals surface area contributed by atoms with Crippen molar-refractivity contribution in [2.75, 3.05) is 5.32 Å². The summed E-state index contributed by atoms with van der Waals surface area (Å²) in [6, 6.07) is 4.90. The molecule has 4 nitrogen and oxygen atoms in total. The lowest BCUT2D eigenvalue weighted by Gasteiger charge is -2.28. The molecule has 0 spiro atoms. The number of amides is 1. The molecular weight excluding hydrogens is 386 g/mol. The van der Waals surface area contributed by atoms with Gasteiger partial charge in [0, 0.05) is 11.6 Å². The third-order valence-electron chi connectivity index (χ3n) is 6.77. The van der Waals surface area contributed by atoms with Gasteiger partial charge in [-0.2, -0.15) is 8.78 Å². The topological polar surface area (TPSA) is 41.6 Å². The Kier molecular flexibility index (Phi) is 5.71. The molecular formula is C24H30F2N2O2. The zero-order valence-electron chi connectivity index (χ0n) is 17.8. The highest BCUT2D eigenvalue weighted by Gasteiger charge is 2.41. The van der Waals surface area contributed by atoms with Crippen LogP contribution >= 0.6 is 0 Å². The van der Waals surface area contributed by atoms with Crippen molar-refractivity contribution in [3.05, 3.63) is 53.3 Å². The van der Waals surface area contributed by atoms with Crippen LogP contribution in [0.5, 0.6) is 0 Å². The average molecular weight is 417 g/mol. The Balaban J connectivity index is 1.60. The largest absolute Gasteiger partial charge is 0.404 e. The lowest BCUT2D eigenvalue weighted by Crippen LogP contribution is -2.45. The van der Waals surface area contributed by atoms with Crippen molar-refractivity contribution in [3.8, 4) is 0 Å². The number of hydrogen-bond acceptors (Lipinski definition) is 3. The summed E-state index contributed by atoms with van der Waals surface area (Å²) < 4.78 is 27.6. The highest BCUT2D eigenvalue weighted by Crippen LogP contribution is 2.50. The average Bonchev–Trinajstić information content (AvgIpc) is 2.87. The SMILES string of the molecule is CC[C@@H]1CC(C)(C)c2cccc(NC(=O)C3CCC4CC=CC=C4ON3C(F)F)c21. The van der Waals surface area contributed by atoms with Crippen molar-refractivity contribution < 1.29 is 18.4 Å². The van der Waals surface area contributed by atoms with E-state index in [1.165, 1.54) is 5.56 Å². The van der Waals surface area contributed by atoms with Gasteiger partial charge in [0.05, 0.1) is 0 Å². The van der Waals surface area contributed by atoms with Crippen LogP contribution in [0.15, 0.2) is 42.2 Å². The number of carbonyl (C=O) groups excluding carboxylic acids is 1. The molecule has 3 aliphatic rings. The summed E-state index contributed by atoms with van der Waals surface area (Å²) >= 11 is 0. The molecule has 2 aliphatic carbocycles. The molecule has 0 saturated carbocycles. The minimum absolute atomic E-state index is 0.0341. The fraction of sp³-hybridized carbons (Fsp3) is 0.542. The van der Waals surface area contributed by atoms with Crippen LogP contribution in [-0.2, 0) is 15.0 Å². The van der Waals surface area contributed by atoms with E-state index < -0.39 is 18.5 Å². The molecule has 1 fully saturated rings. The Hall–Kier alpha value is -2.21. The van der Waals surface area contributed by atoms with Gasteiger partial charge in [0.25, 0.3) is 0 Å². The number of nitrogens with zero attached hydrogens (tertiary/aromatic N) is 1. The Bertz CT molecular complexity index is 878. The van der Waals surface area contributed by atoms with Gasteiger partial charge in [0.2, 0.25) is 5.91 Å². The van der Waals surface area contributed by atoms with Crippen molar-refractivity contribution in [2.24, 2.45) is 5.92 Å². The van der Waals surface area contributed by atoms with E-state index in [4.69, 9.17) is 4.84 Å². The Morgan fingerprint density at radius 1 is 1.33 bits per heavy atom. The number of halogens is 2. The summed E-state index contributed by atoms with van der Waals surface area (Å²) in [5.74, 6) is 0.472. The second-order valence-corrected chi connectivity index (χ2v) is 9.20. The molecule has 3 atom stereocenters. The standard InChI is InChI=1S/C24H30F2N2O2/c1-4-15-14-24(2,3)17-9-7-10-18(21(15)17)27-22(29)19-13-12-16-8-5-6-11-20(16)30-28(19)23(25)26/h5-7,9-11,15-16,19,23H,4,8,12-14H2,1-3H3,(H,27,29)/t15-,16?,19?/m1/s1. The molecule has 0 bridgehead atoms. The molecule has 1 amide bonds. The molecule has 30 heavy (non-hydrogen) atoms. The van der Waals surface area contributed by atoms with Gasteiger partial charge in [-0.25, -0.2) is 0 Å². The number of fused-ring (bicyclic) bond motifs is 2. The molecule has 1 aromatic carbocycles. The third-order valence-corrected chi connectivity index (χ3v) is 6.77. The summed E-state index contributed by atoms with van der Waals surface area (Å²) in [5.41, 5.74) is 3.16. The number of hydroxylamine groups is 2. The molecule has 1 aromatic rings. The number of nitrogens with one attached hydrogen (secondary N) is 1. The molecule has 2 unspecified atom stereocenters. The molecule has 0 radical (unpaired) electrons. The second kappa shape index (κ2) is 8.14. The number of carbonyl (C=O) groups is 1. The predicted octanol–water partition coefficient (Wildman–Crippen LogP) is 5.88. The first-order valence-electron chi connectivity index (χ1n) is 10.9. The van der Waals surface area contributed by atoms with Gasteiger partial charge in [0.15, 0.2) is 0 Å². The summed E-state index contributed by atoms with van der Waals surface area (Å²) in [5, 5.41) is 3.55. The minimum Gasteiger partial charge on any atom is -0.404 e. The Morgan fingerprint density at radius 2 is 2.13 bits per heavy atom. The first kappa shape index (κ1) is 21.0. The first-order chi connectivity index (χ1) is 14.3. The number of rotatable bonds is 4. The minimum atomic E-state index is -2.88. The number of hydrogen-bond donors (Lipinski definition) is 1. The van der Waals surface area contributed by atoms with E-state index in [0.717, 1.165) is 30.5 Å². The maximum absolute atomic E-state index is 13.8. The Labute approximate surface area is 176 Å². The second-order valence-electron chi connectivity index (χ2n) is 9.20. The van der Waals surface area contributed by atoms with E-state index in [0.29, 0.717) is 29.6 Å². The van der Waals surface area contributed by atoms with Crippen LogP contribution in [0.1, 0.15) is 69.9 Å². The first-order valence-corrected chi connectivity index (χ1v) is 10.9. The maximum Gasteiger partial charge on any atom is 0.325 e. The van der Waals surface area contributed by atoms with Crippen molar-refractivity contribution >= 4 is 11.6 Å². The van der Waals surface area contributed by atoms with E-state index in [2.05, 4.69) is 32.2 Å². The van der Waals surface area contributed by atoms with Crippen LogP contribution < -0.4 is 5.32 Å². The fourth-order valence-electron chi connectivity index (χ4n) is 5.21. The van der Waals surface area contributed by atoms with Gasteiger partial charge in [-0.3, -0.25) is 4.79 Å². The molecule has 1 N–H and O–H groups in total. The number of allylic oxidation sites excluding steroid dienone is 4. The molecule has 0 aromatic heterocycles. The van der Waals surface area contributed by atoms with Gasteiger partial charge >= 0.3 is 6.55 Å². The van der Waals surface area contributed by atoms with E-state index in [1.54, 1.807) is 6.08 Å². The van der Waals surface area contributed by atoms with Crippen LogP contribution in [0.3, 0.4) is 0 Å². The van der Waals surface area contributed by atoms with Gasteiger partial charge < -0.3 is 10.2 Å². The Morgan fingerprint density at radius 3 is 2.87 bits per heavy atom. The molecule has 162 valence electrons. The zero-order chi connectivity index (χ0) is 21.5. The van der Waals surface area contributed by atoms with Crippen LogP contribution in [0.25, 0.3) is 0 Å². The normalized spacial score (nSPS) is 27.7. The van der Waals surface area contributed by atoms with Crippen LogP contribution in [0, 0.1) is 5.92 Å². The zero-order valence-corrected chi connectivity index (χ0v) is 17.8. The van der Waals surface area contributed by atoms with Crippen molar-refractivity contribution in [1.29, 1.82) is 0 Å².